The number of rotatable bonds is 7. The van der Waals surface area contributed by atoms with Crippen LogP contribution in [0.1, 0.15) is 13.3 Å². The first-order valence-corrected chi connectivity index (χ1v) is 8.78. The molecule has 1 aliphatic heterocycles. The molecule has 2 aromatic rings. The number of hydrogen-bond acceptors (Lipinski definition) is 5. The van der Waals surface area contributed by atoms with Crippen molar-refractivity contribution in [2.75, 3.05) is 51.1 Å². The molecule has 1 heterocycles. The van der Waals surface area contributed by atoms with Gasteiger partial charge in [0.2, 0.25) is 10.9 Å². The van der Waals surface area contributed by atoms with Gasteiger partial charge in [0.25, 0.3) is 0 Å². The first kappa shape index (κ1) is 16.9. The largest absolute Gasteiger partial charge is 0.381 e. The highest BCUT2D eigenvalue weighted by Gasteiger charge is 2.21. The van der Waals surface area contributed by atoms with Crippen LogP contribution in [-0.4, -0.2) is 55.6 Å². The van der Waals surface area contributed by atoms with Crippen LogP contribution in [0.25, 0.3) is 11.1 Å². The van der Waals surface area contributed by atoms with E-state index >= 15 is 0 Å². The van der Waals surface area contributed by atoms with Crippen molar-refractivity contribution in [3.63, 3.8) is 0 Å². The van der Waals surface area contributed by atoms with E-state index in [1.54, 1.807) is 0 Å². The molecule has 0 bridgehead atoms. The minimum Gasteiger partial charge on any atom is -0.381 e. The number of likely N-dealkylation sites (N-methyl/N-ethyl adjacent to an activating group) is 1. The average molecular weight is 327 g/mol. The fourth-order valence-corrected chi connectivity index (χ4v) is 3.29. The maximum atomic E-state index is 11.9. The quantitative estimate of drug-likeness (QED) is 0.615. The van der Waals surface area contributed by atoms with Crippen LogP contribution in [-0.2, 0) is 0 Å². The Morgan fingerprint density at radius 2 is 1.62 bits per heavy atom. The molecule has 1 aliphatic rings. The van der Waals surface area contributed by atoms with Crippen molar-refractivity contribution < 1.29 is 0 Å². The molecule has 24 heavy (non-hydrogen) atoms. The van der Waals surface area contributed by atoms with Crippen LogP contribution < -0.4 is 16.2 Å². The summed E-state index contributed by atoms with van der Waals surface area (Å²) in [6.45, 7) is 9.59. The Bertz CT molecular complexity index is 727. The van der Waals surface area contributed by atoms with E-state index < -0.39 is 0 Å². The smallest absolute Gasteiger partial charge is 0.250 e. The van der Waals surface area contributed by atoms with Gasteiger partial charge in [-0.15, -0.1) is 0 Å². The molecule has 1 N–H and O–H groups in total. The molecule has 0 aliphatic carbocycles. The Labute approximate surface area is 142 Å². The van der Waals surface area contributed by atoms with Gasteiger partial charge in [0.15, 0.2) is 0 Å². The second-order valence-corrected chi connectivity index (χ2v) is 6.33. The van der Waals surface area contributed by atoms with E-state index in [-0.39, 0.29) is 10.9 Å². The zero-order valence-electron chi connectivity index (χ0n) is 14.3. The Morgan fingerprint density at radius 1 is 0.958 bits per heavy atom. The van der Waals surface area contributed by atoms with Crippen LogP contribution >= 0.6 is 0 Å². The van der Waals surface area contributed by atoms with E-state index in [0.717, 1.165) is 57.8 Å². The van der Waals surface area contributed by atoms with E-state index in [1.165, 1.54) is 0 Å². The maximum Gasteiger partial charge on any atom is 0.250 e. The second kappa shape index (κ2) is 7.73. The first-order chi connectivity index (χ1) is 11.7. The van der Waals surface area contributed by atoms with Gasteiger partial charge in [-0.2, -0.15) is 0 Å². The van der Waals surface area contributed by atoms with Crippen LogP contribution in [0.2, 0.25) is 0 Å². The van der Waals surface area contributed by atoms with E-state index in [0.29, 0.717) is 11.3 Å². The Balaban J connectivity index is 1.49. The normalized spacial score (nSPS) is 16.5. The maximum absolute atomic E-state index is 11.9. The molecule has 0 atom stereocenters. The molecule has 2 aromatic carbocycles. The number of nitrogens with zero attached hydrogens (tertiary/aromatic N) is 2. The molecular weight excluding hydrogens is 302 g/mol. The molecular formula is C19H25N3O2. The number of piperazine rings is 1. The monoisotopic (exact) mass is 327 g/mol. The van der Waals surface area contributed by atoms with E-state index in [1.807, 2.05) is 30.3 Å². The molecule has 128 valence electrons. The zero-order chi connectivity index (χ0) is 16.9. The third kappa shape index (κ3) is 3.57. The summed E-state index contributed by atoms with van der Waals surface area (Å²) >= 11 is 0. The van der Waals surface area contributed by atoms with Crippen LogP contribution in [0.5, 0.6) is 0 Å². The third-order valence-electron chi connectivity index (χ3n) is 4.84. The summed E-state index contributed by atoms with van der Waals surface area (Å²) in [5.41, 5.74) is 1.09. The van der Waals surface area contributed by atoms with Gasteiger partial charge in [-0.1, -0.05) is 37.3 Å². The highest BCUT2D eigenvalue weighted by atomic mass is 16.2. The summed E-state index contributed by atoms with van der Waals surface area (Å²) in [6, 6.07) is 9.40. The standard InChI is InChI=1S/C19H25N3O2/c1-2-21-11-13-22(14-12-21)10-6-9-20-17-16(18(23)19(17)24)15-7-4-3-5-8-15/h3-5,7-8,20H,2,6,9-14H2,1H3. The first-order valence-electron chi connectivity index (χ1n) is 8.78. The lowest BCUT2D eigenvalue weighted by molar-refractivity contribution is 0.137. The number of nitrogens with one attached hydrogen (secondary N) is 1. The van der Waals surface area contributed by atoms with Gasteiger partial charge in [0.1, 0.15) is 0 Å². The predicted molar refractivity (Wildman–Crippen MR) is 98.5 cm³/mol. The average Bonchev–Trinajstić information content (AvgIpc) is 2.64. The lowest BCUT2D eigenvalue weighted by Gasteiger charge is -2.34. The van der Waals surface area contributed by atoms with Crippen molar-refractivity contribution in [1.29, 1.82) is 0 Å². The van der Waals surface area contributed by atoms with E-state index in [2.05, 4.69) is 22.0 Å². The van der Waals surface area contributed by atoms with Crippen molar-refractivity contribution >= 4 is 5.69 Å². The molecule has 5 heteroatoms. The fourth-order valence-electron chi connectivity index (χ4n) is 3.29. The van der Waals surface area contributed by atoms with Gasteiger partial charge in [0, 0.05) is 32.7 Å². The Kier molecular flexibility index (Phi) is 5.43. The predicted octanol–water partition coefficient (Wildman–Crippen LogP) is 1.39. The van der Waals surface area contributed by atoms with Gasteiger partial charge in [0.05, 0.1) is 11.3 Å². The molecule has 0 radical (unpaired) electrons. The van der Waals surface area contributed by atoms with Crippen molar-refractivity contribution in [2.45, 2.75) is 13.3 Å². The van der Waals surface area contributed by atoms with Gasteiger partial charge in [-0.25, -0.2) is 0 Å². The third-order valence-corrected chi connectivity index (χ3v) is 4.84. The minimum atomic E-state index is -0.384. The van der Waals surface area contributed by atoms with Crippen molar-refractivity contribution in [2.24, 2.45) is 0 Å². The zero-order valence-corrected chi connectivity index (χ0v) is 14.3. The summed E-state index contributed by atoms with van der Waals surface area (Å²) in [6.07, 6.45) is 0.971. The molecule has 0 aromatic heterocycles. The lowest BCUT2D eigenvalue weighted by Crippen LogP contribution is -2.46. The molecule has 0 saturated carbocycles. The van der Waals surface area contributed by atoms with Gasteiger partial charge in [-0.05, 0) is 25.1 Å². The molecule has 5 nitrogen and oxygen atoms in total. The fraction of sp³-hybridized carbons (Fsp3) is 0.474. The van der Waals surface area contributed by atoms with Gasteiger partial charge >= 0.3 is 0 Å². The van der Waals surface area contributed by atoms with Crippen LogP contribution in [0, 0.1) is 0 Å². The highest BCUT2D eigenvalue weighted by molar-refractivity contribution is 5.81. The SMILES string of the molecule is CCN1CCN(CCCNc2c(-c3ccccc3)c(=O)c2=O)CC1. The number of benzene rings is 1. The summed E-state index contributed by atoms with van der Waals surface area (Å²) in [5, 5.41) is 3.18. The van der Waals surface area contributed by atoms with Gasteiger partial charge < -0.3 is 15.1 Å². The number of anilines is 1. The summed E-state index contributed by atoms with van der Waals surface area (Å²) < 4.78 is 0. The second-order valence-electron chi connectivity index (χ2n) is 6.33. The van der Waals surface area contributed by atoms with Gasteiger partial charge in [-0.3, -0.25) is 9.59 Å². The molecule has 0 unspecified atom stereocenters. The Morgan fingerprint density at radius 3 is 2.29 bits per heavy atom. The summed E-state index contributed by atoms with van der Waals surface area (Å²) in [4.78, 5) is 28.6. The van der Waals surface area contributed by atoms with Crippen molar-refractivity contribution in [1.82, 2.24) is 9.80 Å². The number of hydrogen-bond donors (Lipinski definition) is 1. The van der Waals surface area contributed by atoms with Crippen LogP contribution in [0.3, 0.4) is 0 Å². The molecule has 0 amide bonds. The molecule has 0 spiro atoms. The molecule has 3 rings (SSSR count). The lowest BCUT2D eigenvalue weighted by atomic mass is 9.98. The van der Waals surface area contributed by atoms with Crippen molar-refractivity contribution in [3.05, 3.63) is 50.8 Å². The summed E-state index contributed by atoms with van der Waals surface area (Å²) in [5.74, 6) is 0. The van der Waals surface area contributed by atoms with Crippen molar-refractivity contribution in [3.8, 4) is 11.1 Å². The van der Waals surface area contributed by atoms with E-state index in [4.69, 9.17) is 0 Å². The van der Waals surface area contributed by atoms with Crippen LogP contribution in [0.15, 0.2) is 39.9 Å². The van der Waals surface area contributed by atoms with E-state index in [9.17, 15) is 9.59 Å². The molecule has 1 fully saturated rings. The molecule has 1 saturated heterocycles. The summed E-state index contributed by atoms with van der Waals surface area (Å²) in [7, 11) is 0. The van der Waals surface area contributed by atoms with Crippen LogP contribution in [0.4, 0.5) is 5.69 Å². The highest BCUT2D eigenvalue weighted by Crippen LogP contribution is 2.22. The minimum absolute atomic E-state index is 0.376. The topological polar surface area (TPSA) is 52.6 Å². The Hall–Kier alpha value is -1.98.